The van der Waals surface area contributed by atoms with E-state index >= 15 is 0 Å². The van der Waals surface area contributed by atoms with E-state index < -0.39 is 15.8 Å². The number of aryl methyl sites for hydroxylation is 1. The normalized spacial score (nSPS) is 18.7. The first kappa shape index (κ1) is 20.4. The van der Waals surface area contributed by atoms with Gasteiger partial charge in [-0.15, -0.1) is 0 Å². The molecule has 1 heterocycles. The van der Waals surface area contributed by atoms with Crippen molar-refractivity contribution < 1.29 is 22.7 Å². The minimum Gasteiger partial charge on any atom is -0.452 e. The molecular formula is C19H27NO5S. The standard InChI is InChI=1S/C19H27NO5S/c1-13(2)10-20(16-8-9-26(23,24)12-16)18(21)11-25-19(22)17-7-5-6-14(3)15(17)4/h5-7,13,16H,8-12H2,1-4H3/t16-/m0/s1. The average molecular weight is 381 g/mol. The van der Waals surface area contributed by atoms with Crippen LogP contribution in [0.4, 0.5) is 0 Å². The van der Waals surface area contributed by atoms with Gasteiger partial charge in [0.2, 0.25) is 0 Å². The average Bonchev–Trinajstić information content (AvgIpc) is 2.92. The number of esters is 1. The first-order valence-electron chi connectivity index (χ1n) is 8.84. The number of amides is 1. The van der Waals surface area contributed by atoms with E-state index in [1.165, 1.54) is 0 Å². The van der Waals surface area contributed by atoms with Gasteiger partial charge in [-0.2, -0.15) is 0 Å². The predicted molar refractivity (Wildman–Crippen MR) is 99.8 cm³/mol. The summed E-state index contributed by atoms with van der Waals surface area (Å²) in [7, 11) is -3.10. The van der Waals surface area contributed by atoms with Crippen LogP contribution >= 0.6 is 0 Å². The molecule has 1 atom stereocenters. The molecule has 0 unspecified atom stereocenters. The molecule has 1 aliphatic heterocycles. The molecule has 0 aromatic heterocycles. The summed E-state index contributed by atoms with van der Waals surface area (Å²) in [6.07, 6.45) is 0.436. The Kier molecular flexibility index (Phi) is 6.44. The second-order valence-corrected chi connectivity index (χ2v) is 9.55. The van der Waals surface area contributed by atoms with Crippen molar-refractivity contribution >= 4 is 21.7 Å². The van der Waals surface area contributed by atoms with E-state index in [0.717, 1.165) is 11.1 Å². The molecule has 1 aliphatic rings. The second-order valence-electron chi connectivity index (χ2n) is 7.32. The summed E-state index contributed by atoms with van der Waals surface area (Å²) in [6, 6.07) is 5.01. The van der Waals surface area contributed by atoms with E-state index in [-0.39, 0.29) is 36.0 Å². The van der Waals surface area contributed by atoms with E-state index in [0.29, 0.717) is 18.5 Å². The highest BCUT2D eigenvalue weighted by atomic mass is 32.2. The Morgan fingerprint density at radius 1 is 1.27 bits per heavy atom. The van der Waals surface area contributed by atoms with Crippen LogP contribution in [-0.4, -0.2) is 55.9 Å². The zero-order valence-electron chi connectivity index (χ0n) is 15.8. The molecular weight excluding hydrogens is 354 g/mol. The summed E-state index contributed by atoms with van der Waals surface area (Å²) in [5.41, 5.74) is 2.24. The predicted octanol–water partition coefficient (Wildman–Crippen LogP) is 2.13. The fourth-order valence-corrected chi connectivity index (χ4v) is 4.86. The van der Waals surface area contributed by atoms with Gasteiger partial charge >= 0.3 is 5.97 Å². The van der Waals surface area contributed by atoms with Crippen LogP contribution in [0.1, 0.15) is 41.8 Å². The lowest BCUT2D eigenvalue weighted by Gasteiger charge is -2.29. The number of benzene rings is 1. The molecule has 26 heavy (non-hydrogen) atoms. The summed E-state index contributed by atoms with van der Waals surface area (Å²) in [5, 5.41) is 0. The van der Waals surface area contributed by atoms with Crippen molar-refractivity contribution in [2.24, 2.45) is 5.92 Å². The van der Waals surface area contributed by atoms with Gasteiger partial charge in [-0.25, -0.2) is 13.2 Å². The minimum atomic E-state index is -3.10. The van der Waals surface area contributed by atoms with Crippen molar-refractivity contribution in [2.75, 3.05) is 24.7 Å². The van der Waals surface area contributed by atoms with Crippen LogP contribution in [0.15, 0.2) is 18.2 Å². The lowest BCUT2D eigenvalue weighted by atomic mass is 10.0. The lowest BCUT2D eigenvalue weighted by Crippen LogP contribution is -2.45. The van der Waals surface area contributed by atoms with Crippen molar-refractivity contribution in [3.8, 4) is 0 Å². The summed E-state index contributed by atoms with van der Waals surface area (Å²) < 4.78 is 28.7. The van der Waals surface area contributed by atoms with Crippen molar-refractivity contribution in [1.29, 1.82) is 0 Å². The maximum absolute atomic E-state index is 12.6. The topological polar surface area (TPSA) is 80.8 Å². The first-order valence-corrected chi connectivity index (χ1v) is 10.7. The Labute approximate surface area is 155 Å². The van der Waals surface area contributed by atoms with Gasteiger partial charge in [-0.1, -0.05) is 26.0 Å². The lowest BCUT2D eigenvalue weighted by molar-refractivity contribution is -0.137. The summed E-state index contributed by atoms with van der Waals surface area (Å²) in [4.78, 5) is 26.5. The van der Waals surface area contributed by atoms with Gasteiger partial charge in [0, 0.05) is 12.6 Å². The number of carbonyl (C=O) groups excluding carboxylic acids is 2. The van der Waals surface area contributed by atoms with E-state index in [2.05, 4.69) is 0 Å². The summed E-state index contributed by atoms with van der Waals surface area (Å²) in [6.45, 7) is 7.73. The Bertz CT molecular complexity index is 785. The van der Waals surface area contributed by atoms with Gasteiger partial charge in [-0.05, 0) is 43.4 Å². The molecule has 1 amide bonds. The van der Waals surface area contributed by atoms with E-state index in [4.69, 9.17) is 4.74 Å². The van der Waals surface area contributed by atoms with E-state index in [1.807, 2.05) is 33.8 Å². The quantitative estimate of drug-likeness (QED) is 0.705. The zero-order valence-corrected chi connectivity index (χ0v) is 16.6. The Hall–Kier alpha value is -1.89. The van der Waals surface area contributed by atoms with Crippen LogP contribution in [0.25, 0.3) is 0 Å². The van der Waals surface area contributed by atoms with Crippen molar-refractivity contribution in [3.05, 3.63) is 34.9 Å². The van der Waals surface area contributed by atoms with E-state index in [9.17, 15) is 18.0 Å². The van der Waals surface area contributed by atoms with Crippen molar-refractivity contribution in [1.82, 2.24) is 4.90 Å². The van der Waals surface area contributed by atoms with Crippen molar-refractivity contribution in [3.63, 3.8) is 0 Å². The van der Waals surface area contributed by atoms with Gasteiger partial charge in [-0.3, -0.25) is 4.79 Å². The Balaban J connectivity index is 2.05. The number of rotatable bonds is 6. The number of carbonyl (C=O) groups is 2. The molecule has 0 N–H and O–H groups in total. The Morgan fingerprint density at radius 2 is 1.96 bits per heavy atom. The molecule has 1 fully saturated rings. The van der Waals surface area contributed by atoms with Gasteiger partial charge in [0.15, 0.2) is 16.4 Å². The molecule has 7 heteroatoms. The zero-order chi connectivity index (χ0) is 19.5. The van der Waals surface area contributed by atoms with E-state index in [1.54, 1.807) is 17.0 Å². The van der Waals surface area contributed by atoms with Gasteiger partial charge in [0.1, 0.15) is 0 Å². The molecule has 0 saturated carbocycles. The monoisotopic (exact) mass is 381 g/mol. The second kappa shape index (κ2) is 8.20. The maximum atomic E-state index is 12.6. The summed E-state index contributed by atoms with van der Waals surface area (Å²) in [5.74, 6) is -0.613. The number of hydrogen-bond donors (Lipinski definition) is 0. The molecule has 1 saturated heterocycles. The van der Waals surface area contributed by atoms with Gasteiger partial charge < -0.3 is 9.64 Å². The highest BCUT2D eigenvalue weighted by Gasteiger charge is 2.35. The molecule has 6 nitrogen and oxygen atoms in total. The highest BCUT2D eigenvalue weighted by molar-refractivity contribution is 7.91. The Morgan fingerprint density at radius 3 is 2.54 bits per heavy atom. The largest absolute Gasteiger partial charge is 0.452 e. The van der Waals surface area contributed by atoms with Crippen LogP contribution in [-0.2, 0) is 19.4 Å². The molecule has 1 aromatic carbocycles. The smallest absolute Gasteiger partial charge is 0.338 e. The molecule has 144 valence electrons. The van der Waals surface area contributed by atoms with Crippen LogP contribution in [0, 0.1) is 19.8 Å². The number of sulfone groups is 1. The van der Waals surface area contributed by atoms with Crippen LogP contribution in [0.5, 0.6) is 0 Å². The van der Waals surface area contributed by atoms with Gasteiger partial charge in [0.25, 0.3) is 5.91 Å². The molecule has 0 bridgehead atoms. The third kappa shape index (κ3) is 5.06. The third-order valence-electron chi connectivity index (χ3n) is 4.68. The first-order chi connectivity index (χ1) is 12.1. The molecule has 0 spiro atoms. The third-order valence-corrected chi connectivity index (χ3v) is 6.43. The van der Waals surface area contributed by atoms with Gasteiger partial charge in [0.05, 0.1) is 17.1 Å². The minimum absolute atomic E-state index is 0.0175. The number of hydrogen-bond acceptors (Lipinski definition) is 5. The van der Waals surface area contributed by atoms with Crippen LogP contribution < -0.4 is 0 Å². The fraction of sp³-hybridized carbons (Fsp3) is 0.579. The van der Waals surface area contributed by atoms with Crippen LogP contribution in [0.3, 0.4) is 0 Å². The molecule has 0 radical (unpaired) electrons. The van der Waals surface area contributed by atoms with Crippen LogP contribution in [0.2, 0.25) is 0 Å². The molecule has 1 aromatic rings. The molecule has 2 rings (SSSR count). The highest BCUT2D eigenvalue weighted by Crippen LogP contribution is 2.20. The number of nitrogens with zero attached hydrogens (tertiary/aromatic N) is 1. The molecule has 0 aliphatic carbocycles. The SMILES string of the molecule is Cc1cccc(C(=O)OCC(=O)N(CC(C)C)[C@H]2CCS(=O)(=O)C2)c1C. The number of ether oxygens (including phenoxy) is 1. The fourth-order valence-electron chi connectivity index (χ4n) is 3.13. The van der Waals surface area contributed by atoms with Crippen molar-refractivity contribution in [2.45, 2.75) is 40.2 Å². The maximum Gasteiger partial charge on any atom is 0.338 e. The summed E-state index contributed by atoms with van der Waals surface area (Å²) >= 11 is 0.